The van der Waals surface area contributed by atoms with E-state index in [9.17, 15) is 9.18 Å². The number of hydrogen-bond donors (Lipinski definition) is 4. The van der Waals surface area contributed by atoms with E-state index in [1.807, 2.05) is 72.7 Å². The van der Waals surface area contributed by atoms with Gasteiger partial charge in [0.25, 0.3) is 5.91 Å². The molecule has 11 heteroatoms. The van der Waals surface area contributed by atoms with E-state index in [1.165, 1.54) is 32.0 Å². The van der Waals surface area contributed by atoms with Gasteiger partial charge < -0.3 is 25.0 Å². The first-order valence-electron chi connectivity index (χ1n) is 15.2. The highest BCUT2D eigenvalue weighted by atomic mass is 32.2. The van der Waals surface area contributed by atoms with Crippen LogP contribution in [0.5, 0.6) is 0 Å². The van der Waals surface area contributed by atoms with Crippen molar-refractivity contribution in [1.82, 2.24) is 31.4 Å². The topological polar surface area (TPSA) is 99.8 Å². The maximum absolute atomic E-state index is 14.3. The molecule has 1 saturated heterocycles. The lowest BCUT2D eigenvalue weighted by atomic mass is 9.94. The van der Waals surface area contributed by atoms with E-state index in [1.54, 1.807) is 12.3 Å². The number of nitrogens with one attached hydrogen (secondary N) is 4. The van der Waals surface area contributed by atoms with Crippen LogP contribution in [0.15, 0.2) is 42.3 Å². The van der Waals surface area contributed by atoms with Crippen LogP contribution in [0.1, 0.15) is 96.1 Å². The second-order valence-electron chi connectivity index (χ2n) is 9.41. The van der Waals surface area contributed by atoms with Crippen LogP contribution < -0.4 is 21.5 Å². The second-order valence-corrected chi connectivity index (χ2v) is 10.6. The van der Waals surface area contributed by atoms with Gasteiger partial charge in [0.05, 0.1) is 18.7 Å². The maximum Gasteiger partial charge on any atom is 0.255 e. The molecule has 1 aromatic heterocycles. The third kappa shape index (κ3) is 9.65. The summed E-state index contributed by atoms with van der Waals surface area (Å²) >= 11 is 1.49. The number of rotatable bonds is 6. The molecule has 9 nitrogen and oxygen atoms in total. The number of halogens is 1. The zero-order valence-corrected chi connectivity index (χ0v) is 28.0. The first kappa shape index (κ1) is 36.0. The molecular weight excluding hydrogens is 567 g/mol. The molecule has 4 heterocycles. The van der Waals surface area contributed by atoms with Gasteiger partial charge in [0.1, 0.15) is 34.3 Å². The Labute approximate surface area is 261 Å². The lowest BCUT2D eigenvalue weighted by Gasteiger charge is -2.26. The van der Waals surface area contributed by atoms with Crippen LogP contribution in [0.2, 0.25) is 0 Å². The highest BCUT2D eigenvalue weighted by Crippen LogP contribution is 2.35. The minimum atomic E-state index is -1.15. The molecule has 5 atom stereocenters. The molecule has 0 bridgehead atoms. The zero-order chi connectivity index (χ0) is 32.1. The van der Waals surface area contributed by atoms with E-state index >= 15 is 0 Å². The smallest absolute Gasteiger partial charge is 0.255 e. The highest BCUT2D eigenvalue weighted by Gasteiger charge is 2.31. The SMILES string of the molecule is CC.CC.CC.COC1=CNC(C(C)F)C=C1c1cc(C2OC(C)=CN2C)ncc1C(=O)NC1NNC(C#CC2CC2)S1. The number of allylic oxidation sites excluding steroid dienone is 2. The van der Waals surface area contributed by atoms with Crippen molar-refractivity contribution in [3.63, 3.8) is 0 Å². The van der Waals surface area contributed by atoms with Crippen LogP contribution in [0.3, 0.4) is 0 Å². The standard InChI is InChI=1S/C26H31FN6O3S.3C2H6/c1-14-13-33(3)25(36-14)21-9-17(18-10-20(15(2)27)29-12-22(18)35-4)19(11-28-21)24(34)30-26-32-31-23(37-26)8-7-16-5-6-16;3*1-2/h9-13,15-16,20,23,25-26,29,31-32H,5-6H2,1-4H3,(H,30,34);3*1-2H3. The van der Waals surface area contributed by atoms with Crippen LogP contribution in [0, 0.1) is 17.8 Å². The minimum Gasteiger partial charge on any atom is -0.495 e. The number of hydrogen-bond acceptors (Lipinski definition) is 9. The van der Waals surface area contributed by atoms with E-state index in [0.29, 0.717) is 34.1 Å². The summed E-state index contributed by atoms with van der Waals surface area (Å²) in [6.07, 6.45) is 7.52. The van der Waals surface area contributed by atoms with Gasteiger partial charge in [-0.25, -0.2) is 15.2 Å². The third-order valence-electron chi connectivity index (χ3n) is 6.37. The number of alkyl halides is 1. The molecular formula is C32H49FN6O3S. The van der Waals surface area contributed by atoms with E-state index in [4.69, 9.17) is 9.47 Å². The Hall–Kier alpha value is -3.20. The molecule has 1 amide bonds. The Balaban J connectivity index is 0.00000101. The van der Waals surface area contributed by atoms with Gasteiger partial charge in [0, 0.05) is 42.7 Å². The maximum atomic E-state index is 14.3. The molecule has 238 valence electrons. The number of ether oxygens (including phenoxy) is 2. The number of carbonyl (C=O) groups is 1. The van der Waals surface area contributed by atoms with Gasteiger partial charge in [0.2, 0.25) is 6.23 Å². The Morgan fingerprint density at radius 2 is 1.91 bits per heavy atom. The molecule has 4 N–H and O–H groups in total. The number of carbonyl (C=O) groups excluding carboxylic acids is 1. The Morgan fingerprint density at radius 3 is 2.49 bits per heavy atom. The van der Waals surface area contributed by atoms with Gasteiger partial charge >= 0.3 is 0 Å². The van der Waals surface area contributed by atoms with Crippen LogP contribution in [0.25, 0.3) is 5.57 Å². The number of thioether (sulfide) groups is 1. The van der Waals surface area contributed by atoms with Crippen LogP contribution in [-0.4, -0.2) is 53.0 Å². The molecule has 1 saturated carbocycles. The lowest BCUT2D eigenvalue weighted by molar-refractivity contribution is 0.0539. The molecule has 3 aliphatic heterocycles. The van der Waals surface area contributed by atoms with Crippen molar-refractivity contribution in [3.05, 3.63) is 59.1 Å². The number of pyridine rings is 1. The van der Waals surface area contributed by atoms with Crippen molar-refractivity contribution in [2.24, 2.45) is 5.92 Å². The summed E-state index contributed by atoms with van der Waals surface area (Å²) in [4.78, 5) is 20.0. The fourth-order valence-electron chi connectivity index (χ4n) is 4.25. The van der Waals surface area contributed by atoms with E-state index in [0.717, 1.165) is 18.6 Å². The molecule has 43 heavy (non-hydrogen) atoms. The fourth-order valence-corrected chi connectivity index (χ4v) is 5.11. The molecule has 1 aromatic rings. The molecule has 4 aliphatic rings. The van der Waals surface area contributed by atoms with Crippen molar-refractivity contribution in [2.45, 2.75) is 97.5 Å². The van der Waals surface area contributed by atoms with Gasteiger partial charge in [-0.3, -0.25) is 9.78 Å². The molecule has 1 aliphatic carbocycles. The fraction of sp³-hybridized carbons (Fsp3) is 0.562. The first-order chi connectivity index (χ1) is 20.8. The van der Waals surface area contributed by atoms with E-state index < -0.39 is 18.4 Å². The van der Waals surface area contributed by atoms with Gasteiger partial charge in [-0.1, -0.05) is 65.1 Å². The number of methoxy groups -OCH3 is 1. The van der Waals surface area contributed by atoms with Crippen molar-refractivity contribution in [3.8, 4) is 11.8 Å². The Kier molecular flexibility index (Phi) is 14.9. The highest BCUT2D eigenvalue weighted by molar-refractivity contribution is 8.00. The van der Waals surface area contributed by atoms with Gasteiger partial charge in [-0.15, -0.1) is 0 Å². The minimum absolute atomic E-state index is 0.112. The first-order valence-corrected chi connectivity index (χ1v) is 16.2. The largest absolute Gasteiger partial charge is 0.495 e. The van der Waals surface area contributed by atoms with Crippen LogP contribution in [-0.2, 0) is 9.47 Å². The summed E-state index contributed by atoms with van der Waals surface area (Å²) in [7, 11) is 3.43. The summed E-state index contributed by atoms with van der Waals surface area (Å²) in [5, 5.41) is 5.89. The number of dihydropyridines is 1. The zero-order valence-electron chi connectivity index (χ0n) is 27.2. The van der Waals surface area contributed by atoms with Crippen molar-refractivity contribution in [1.29, 1.82) is 0 Å². The van der Waals surface area contributed by atoms with Crippen molar-refractivity contribution in [2.75, 3.05) is 14.2 Å². The summed E-state index contributed by atoms with van der Waals surface area (Å²) in [6.45, 7) is 15.4. The quantitative estimate of drug-likeness (QED) is 0.297. The Morgan fingerprint density at radius 1 is 1.21 bits per heavy atom. The Bertz CT molecular complexity index is 1220. The van der Waals surface area contributed by atoms with Crippen molar-refractivity contribution >= 4 is 23.2 Å². The summed E-state index contributed by atoms with van der Waals surface area (Å²) in [5.74, 6) is 7.87. The molecule has 5 rings (SSSR count). The third-order valence-corrected chi connectivity index (χ3v) is 7.39. The van der Waals surface area contributed by atoms with E-state index in [-0.39, 0.29) is 16.8 Å². The molecule has 0 radical (unpaired) electrons. The second kappa shape index (κ2) is 17.8. The lowest BCUT2D eigenvalue weighted by Crippen LogP contribution is -2.43. The number of amides is 1. The molecule has 5 unspecified atom stereocenters. The summed E-state index contributed by atoms with van der Waals surface area (Å²) in [5.41, 5.74) is 7.93. The average Bonchev–Trinajstić information content (AvgIpc) is 3.67. The van der Waals surface area contributed by atoms with Crippen LogP contribution in [0.4, 0.5) is 4.39 Å². The van der Waals surface area contributed by atoms with Crippen LogP contribution >= 0.6 is 11.8 Å². The average molecular weight is 617 g/mol. The van der Waals surface area contributed by atoms with Gasteiger partial charge in [0.15, 0.2) is 0 Å². The molecule has 0 spiro atoms. The monoisotopic (exact) mass is 616 g/mol. The summed E-state index contributed by atoms with van der Waals surface area (Å²) < 4.78 is 25.8. The number of aromatic nitrogens is 1. The predicted octanol–water partition coefficient (Wildman–Crippen LogP) is 5.78. The molecule has 0 aromatic carbocycles. The number of nitrogens with zero attached hydrogens (tertiary/aromatic N) is 2. The summed E-state index contributed by atoms with van der Waals surface area (Å²) in [6, 6.07) is 1.24. The normalized spacial score (nSPS) is 24.2. The number of hydrazine groups is 1. The van der Waals surface area contributed by atoms with Crippen molar-refractivity contribution < 1.29 is 18.7 Å². The van der Waals surface area contributed by atoms with E-state index in [2.05, 4.69) is 38.3 Å². The predicted molar refractivity (Wildman–Crippen MR) is 174 cm³/mol. The van der Waals surface area contributed by atoms with Gasteiger partial charge in [-0.2, -0.15) is 0 Å². The van der Waals surface area contributed by atoms with Gasteiger partial charge in [-0.05, 0) is 38.8 Å². The molecule has 2 fully saturated rings.